The number of amides is 1. The first-order chi connectivity index (χ1) is 13.0. The van der Waals surface area contributed by atoms with Crippen LogP contribution < -0.4 is 4.74 Å². The van der Waals surface area contributed by atoms with E-state index in [1.165, 1.54) is 35.9 Å². The van der Waals surface area contributed by atoms with Crippen molar-refractivity contribution in [1.82, 2.24) is 4.90 Å². The molecule has 1 saturated heterocycles. The summed E-state index contributed by atoms with van der Waals surface area (Å²) in [6.45, 7) is 4.01. The zero-order chi connectivity index (χ0) is 19.4. The molecule has 2 aromatic rings. The van der Waals surface area contributed by atoms with Crippen LogP contribution in [-0.2, 0) is 4.79 Å². The first kappa shape index (κ1) is 18.6. The van der Waals surface area contributed by atoms with Gasteiger partial charge in [0.1, 0.15) is 5.75 Å². The van der Waals surface area contributed by atoms with Crippen LogP contribution >= 0.6 is 11.8 Å². The van der Waals surface area contributed by atoms with Gasteiger partial charge in [-0.15, -0.1) is 6.58 Å². The van der Waals surface area contributed by atoms with Crippen molar-refractivity contribution in [3.63, 3.8) is 0 Å². The molecule has 2 N–H and O–H groups in total. The SMILES string of the molecule is C=CCN1C(=O)/C(=C\c2ccc(O)c(OC)c2)SC1=Nc1cccc(O)c1. The number of ether oxygens (including phenoxy) is 1. The van der Waals surface area contributed by atoms with Crippen LogP contribution in [0.4, 0.5) is 5.69 Å². The van der Waals surface area contributed by atoms with Crippen molar-refractivity contribution < 1.29 is 19.7 Å². The normalized spacial score (nSPS) is 16.9. The predicted molar refractivity (Wildman–Crippen MR) is 107 cm³/mol. The number of rotatable bonds is 5. The van der Waals surface area contributed by atoms with Crippen LogP contribution in [0, 0.1) is 0 Å². The highest BCUT2D eigenvalue weighted by Gasteiger charge is 2.32. The van der Waals surface area contributed by atoms with Crippen molar-refractivity contribution in [3.8, 4) is 17.2 Å². The van der Waals surface area contributed by atoms with E-state index < -0.39 is 0 Å². The number of carbonyl (C=O) groups excluding carboxylic acids is 1. The Morgan fingerprint density at radius 2 is 2.07 bits per heavy atom. The molecule has 1 aliphatic heterocycles. The molecule has 0 unspecified atom stereocenters. The molecule has 0 saturated carbocycles. The van der Waals surface area contributed by atoms with Gasteiger partial charge in [-0.25, -0.2) is 4.99 Å². The summed E-state index contributed by atoms with van der Waals surface area (Å²) in [6.07, 6.45) is 3.35. The number of aromatic hydroxyl groups is 2. The molecule has 138 valence electrons. The topological polar surface area (TPSA) is 82.4 Å². The molecule has 1 heterocycles. The summed E-state index contributed by atoms with van der Waals surface area (Å²) in [4.78, 5) is 19.3. The van der Waals surface area contributed by atoms with Crippen molar-refractivity contribution in [2.45, 2.75) is 0 Å². The third-order valence-electron chi connectivity index (χ3n) is 3.76. The second-order valence-corrected chi connectivity index (χ2v) is 6.67. The monoisotopic (exact) mass is 382 g/mol. The molecule has 0 atom stereocenters. The van der Waals surface area contributed by atoms with Gasteiger partial charge in [-0.2, -0.15) is 0 Å². The number of phenolic OH excluding ortho intramolecular Hbond substituents is 2. The third-order valence-corrected chi connectivity index (χ3v) is 4.76. The first-order valence-electron chi connectivity index (χ1n) is 8.09. The molecular weight excluding hydrogens is 364 g/mol. The molecule has 0 bridgehead atoms. The van der Waals surface area contributed by atoms with Gasteiger partial charge in [-0.3, -0.25) is 9.69 Å². The molecule has 0 spiro atoms. The number of hydrogen-bond donors (Lipinski definition) is 2. The molecule has 1 fully saturated rings. The standard InChI is InChI=1S/C20H18N2O4S/c1-3-9-22-19(25)18(11-13-7-8-16(24)17(10-13)26-2)27-20(22)21-14-5-4-6-15(23)12-14/h3-8,10-12,23-24H,1,9H2,2H3/b18-11+,21-20?. The summed E-state index contributed by atoms with van der Waals surface area (Å²) in [7, 11) is 1.47. The molecule has 0 aromatic heterocycles. The Morgan fingerprint density at radius 3 is 2.78 bits per heavy atom. The lowest BCUT2D eigenvalue weighted by Crippen LogP contribution is -2.29. The number of amidine groups is 1. The van der Waals surface area contributed by atoms with Crippen LogP contribution in [0.2, 0.25) is 0 Å². The van der Waals surface area contributed by atoms with Crippen molar-refractivity contribution in [3.05, 3.63) is 65.6 Å². The summed E-state index contributed by atoms with van der Waals surface area (Å²) >= 11 is 1.23. The predicted octanol–water partition coefficient (Wildman–Crippen LogP) is 3.90. The number of benzene rings is 2. The number of carbonyl (C=O) groups is 1. The minimum Gasteiger partial charge on any atom is -0.508 e. The van der Waals surface area contributed by atoms with Gasteiger partial charge < -0.3 is 14.9 Å². The van der Waals surface area contributed by atoms with Crippen LogP contribution in [0.15, 0.2) is 65.0 Å². The number of phenols is 2. The van der Waals surface area contributed by atoms with Crippen LogP contribution in [-0.4, -0.2) is 39.8 Å². The van der Waals surface area contributed by atoms with E-state index in [0.717, 1.165) is 5.56 Å². The third kappa shape index (κ3) is 4.15. The molecular formula is C20H18N2O4S. The summed E-state index contributed by atoms with van der Waals surface area (Å²) in [6, 6.07) is 11.4. The van der Waals surface area contributed by atoms with Gasteiger partial charge in [0.05, 0.1) is 17.7 Å². The van der Waals surface area contributed by atoms with E-state index in [4.69, 9.17) is 4.74 Å². The minimum absolute atomic E-state index is 0.0319. The molecule has 3 rings (SSSR count). The van der Waals surface area contributed by atoms with Crippen LogP contribution in [0.3, 0.4) is 0 Å². The Balaban J connectivity index is 1.96. The molecule has 2 aromatic carbocycles. The van der Waals surface area contributed by atoms with E-state index in [1.54, 1.807) is 42.5 Å². The highest BCUT2D eigenvalue weighted by atomic mass is 32.2. The lowest BCUT2D eigenvalue weighted by molar-refractivity contribution is -0.121. The fraction of sp³-hybridized carbons (Fsp3) is 0.100. The van der Waals surface area contributed by atoms with Gasteiger partial charge in [-0.05, 0) is 47.7 Å². The summed E-state index contributed by atoms with van der Waals surface area (Å²) < 4.78 is 5.11. The maximum atomic E-state index is 12.8. The van der Waals surface area contributed by atoms with E-state index in [2.05, 4.69) is 11.6 Å². The lowest BCUT2D eigenvalue weighted by atomic mass is 10.2. The van der Waals surface area contributed by atoms with Crippen molar-refractivity contribution in [2.24, 2.45) is 4.99 Å². The van der Waals surface area contributed by atoms with E-state index in [1.807, 2.05) is 0 Å². The Kier molecular flexibility index (Phi) is 5.52. The first-order valence-corrected chi connectivity index (χ1v) is 8.90. The Labute approximate surface area is 161 Å². The second-order valence-electron chi connectivity index (χ2n) is 5.66. The second kappa shape index (κ2) is 8.01. The summed E-state index contributed by atoms with van der Waals surface area (Å²) in [5.41, 5.74) is 1.27. The maximum Gasteiger partial charge on any atom is 0.267 e. The van der Waals surface area contributed by atoms with Crippen molar-refractivity contribution >= 4 is 34.6 Å². The maximum absolute atomic E-state index is 12.8. The number of hydrogen-bond acceptors (Lipinski definition) is 6. The fourth-order valence-corrected chi connectivity index (χ4v) is 3.50. The van der Waals surface area contributed by atoms with E-state index in [9.17, 15) is 15.0 Å². The van der Waals surface area contributed by atoms with Crippen LogP contribution in [0.25, 0.3) is 6.08 Å². The van der Waals surface area contributed by atoms with Gasteiger partial charge >= 0.3 is 0 Å². The van der Waals surface area contributed by atoms with E-state index in [-0.39, 0.29) is 17.4 Å². The van der Waals surface area contributed by atoms with Gasteiger partial charge in [0.2, 0.25) is 0 Å². The van der Waals surface area contributed by atoms with Crippen LogP contribution in [0.1, 0.15) is 5.56 Å². The average molecular weight is 382 g/mol. The molecule has 0 radical (unpaired) electrons. The molecule has 6 nitrogen and oxygen atoms in total. The smallest absolute Gasteiger partial charge is 0.267 e. The van der Waals surface area contributed by atoms with Gasteiger partial charge in [0, 0.05) is 12.6 Å². The van der Waals surface area contributed by atoms with Gasteiger partial charge in [0.25, 0.3) is 5.91 Å². The van der Waals surface area contributed by atoms with Gasteiger partial charge in [0.15, 0.2) is 16.7 Å². The zero-order valence-corrected chi connectivity index (χ0v) is 15.4. The highest BCUT2D eigenvalue weighted by Crippen LogP contribution is 2.35. The minimum atomic E-state index is -0.189. The zero-order valence-electron chi connectivity index (χ0n) is 14.6. The van der Waals surface area contributed by atoms with Gasteiger partial charge in [-0.1, -0.05) is 18.2 Å². The average Bonchev–Trinajstić information content (AvgIpc) is 2.92. The fourth-order valence-electron chi connectivity index (χ4n) is 2.49. The molecule has 1 amide bonds. The Hall–Kier alpha value is -3.19. The molecule has 27 heavy (non-hydrogen) atoms. The molecule has 7 heteroatoms. The number of methoxy groups -OCH3 is 1. The number of aliphatic imine (C=N–C) groups is 1. The molecule has 0 aliphatic carbocycles. The highest BCUT2D eigenvalue weighted by molar-refractivity contribution is 8.18. The largest absolute Gasteiger partial charge is 0.508 e. The van der Waals surface area contributed by atoms with Crippen molar-refractivity contribution in [1.29, 1.82) is 0 Å². The summed E-state index contributed by atoms with van der Waals surface area (Å²) in [5, 5.41) is 19.8. The Morgan fingerprint density at radius 1 is 1.26 bits per heavy atom. The Bertz CT molecular complexity index is 953. The summed E-state index contributed by atoms with van der Waals surface area (Å²) in [5.74, 6) is 0.278. The van der Waals surface area contributed by atoms with E-state index in [0.29, 0.717) is 28.1 Å². The molecule has 1 aliphatic rings. The van der Waals surface area contributed by atoms with Crippen molar-refractivity contribution in [2.75, 3.05) is 13.7 Å². The number of nitrogens with zero attached hydrogens (tertiary/aromatic N) is 2. The quantitative estimate of drug-likeness (QED) is 0.605. The van der Waals surface area contributed by atoms with Crippen LogP contribution in [0.5, 0.6) is 17.2 Å². The van der Waals surface area contributed by atoms with E-state index >= 15 is 0 Å². The lowest BCUT2D eigenvalue weighted by Gasteiger charge is -2.12. The number of thioether (sulfide) groups is 1.